The number of halogens is 1. The van der Waals surface area contributed by atoms with Crippen LogP contribution in [0.2, 0.25) is 5.02 Å². The van der Waals surface area contributed by atoms with Crippen LogP contribution in [0.1, 0.15) is 44.2 Å². The Morgan fingerprint density at radius 1 is 1.15 bits per heavy atom. The van der Waals surface area contributed by atoms with Gasteiger partial charge in [0, 0.05) is 22.8 Å². The molecule has 0 spiro atoms. The molecule has 1 N–H and O–H groups in total. The molecule has 1 aromatic heterocycles. The summed E-state index contributed by atoms with van der Waals surface area (Å²) in [7, 11) is 0. The number of hydrogen-bond donors (Lipinski definition) is 1. The van der Waals surface area contributed by atoms with Gasteiger partial charge in [-0.2, -0.15) is 4.98 Å². The normalized spacial score (nSPS) is 17.5. The van der Waals surface area contributed by atoms with Gasteiger partial charge in [-0.25, -0.2) is 0 Å². The van der Waals surface area contributed by atoms with E-state index in [1.54, 1.807) is 0 Å². The van der Waals surface area contributed by atoms with Crippen LogP contribution < -0.4 is 14.8 Å². The van der Waals surface area contributed by atoms with Gasteiger partial charge in [-0.3, -0.25) is 0 Å². The monoisotopic (exact) mass is 482 g/mol. The standard InChI is InChI=1S/C24H23ClN4O3S/c1-3-4-11-29-14(2)20(21(26-24(29)33)15-5-8-17(25)9-6-15)23-27-22(28-32-23)16-7-10-18-19(12-16)31-13-30-18/h5-10,12,21H,3-4,11,13H2,1-2H3,(H,26,33). The molecule has 0 fully saturated rings. The number of benzene rings is 2. The van der Waals surface area contributed by atoms with Crippen molar-refractivity contribution in [3.63, 3.8) is 0 Å². The largest absolute Gasteiger partial charge is 0.454 e. The first-order valence-corrected chi connectivity index (χ1v) is 11.6. The molecule has 170 valence electrons. The molecular formula is C24H23ClN4O3S. The molecular weight excluding hydrogens is 460 g/mol. The lowest BCUT2D eigenvalue weighted by Crippen LogP contribution is -2.46. The molecule has 0 radical (unpaired) electrons. The molecule has 0 bridgehead atoms. The van der Waals surface area contributed by atoms with Crippen LogP contribution >= 0.6 is 23.8 Å². The average Bonchev–Trinajstić information content (AvgIpc) is 3.48. The zero-order valence-corrected chi connectivity index (χ0v) is 19.9. The fourth-order valence-corrected chi connectivity index (χ4v) is 4.51. The number of ether oxygens (including phenoxy) is 2. The van der Waals surface area contributed by atoms with Crippen molar-refractivity contribution in [2.45, 2.75) is 32.7 Å². The average molecular weight is 483 g/mol. The number of hydrogen-bond acceptors (Lipinski definition) is 6. The minimum absolute atomic E-state index is 0.213. The molecule has 5 rings (SSSR count). The van der Waals surface area contributed by atoms with Crippen molar-refractivity contribution in [2.75, 3.05) is 13.3 Å². The van der Waals surface area contributed by atoms with Gasteiger partial charge in [-0.15, -0.1) is 0 Å². The van der Waals surface area contributed by atoms with Crippen LogP contribution in [0.5, 0.6) is 11.5 Å². The van der Waals surface area contributed by atoms with Crippen molar-refractivity contribution in [1.82, 2.24) is 20.4 Å². The van der Waals surface area contributed by atoms with Gasteiger partial charge < -0.3 is 24.2 Å². The zero-order chi connectivity index (χ0) is 22.9. The molecule has 0 amide bonds. The predicted molar refractivity (Wildman–Crippen MR) is 130 cm³/mol. The van der Waals surface area contributed by atoms with Crippen LogP contribution in [-0.2, 0) is 0 Å². The second-order valence-corrected chi connectivity index (χ2v) is 8.75. The minimum atomic E-state index is -0.238. The summed E-state index contributed by atoms with van der Waals surface area (Å²) >= 11 is 11.8. The van der Waals surface area contributed by atoms with Crippen LogP contribution in [0.15, 0.2) is 52.7 Å². The smallest absolute Gasteiger partial charge is 0.258 e. The highest BCUT2D eigenvalue weighted by Crippen LogP contribution is 2.39. The maximum atomic E-state index is 6.13. The molecule has 0 aliphatic carbocycles. The highest BCUT2D eigenvalue weighted by atomic mass is 35.5. The summed E-state index contributed by atoms with van der Waals surface area (Å²) < 4.78 is 16.7. The molecule has 9 heteroatoms. The van der Waals surface area contributed by atoms with Crippen LogP contribution in [0.3, 0.4) is 0 Å². The number of rotatable bonds is 6. The van der Waals surface area contributed by atoms with Gasteiger partial charge in [0.05, 0.1) is 11.6 Å². The number of nitrogens with one attached hydrogen (secondary N) is 1. The van der Waals surface area contributed by atoms with Gasteiger partial charge >= 0.3 is 0 Å². The summed E-state index contributed by atoms with van der Waals surface area (Å²) in [6.45, 7) is 5.23. The summed E-state index contributed by atoms with van der Waals surface area (Å²) in [5.41, 5.74) is 3.68. The maximum absolute atomic E-state index is 6.13. The molecule has 1 atom stereocenters. The molecule has 33 heavy (non-hydrogen) atoms. The number of allylic oxidation sites excluding steroid dienone is 1. The lowest BCUT2D eigenvalue weighted by atomic mass is 9.94. The van der Waals surface area contributed by atoms with E-state index in [1.165, 1.54) is 0 Å². The van der Waals surface area contributed by atoms with E-state index in [1.807, 2.05) is 49.4 Å². The van der Waals surface area contributed by atoms with Crippen LogP contribution in [-0.4, -0.2) is 33.5 Å². The SMILES string of the molecule is CCCCN1C(=S)NC(c2ccc(Cl)cc2)C(c2nc(-c3ccc4c(c3)OCO4)no2)=C1C. The first-order valence-electron chi connectivity index (χ1n) is 10.8. The third-order valence-electron chi connectivity index (χ3n) is 5.82. The van der Waals surface area contributed by atoms with E-state index in [0.717, 1.165) is 41.8 Å². The second kappa shape index (κ2) is 9.03. The number of thiocarbonyl (C=S) groups is 1. The Kier molecular flexibility index (Phi) is 5.95. The second-order valence-electron chi connectivity index (χ2n) is 7.93. The number of aromatic nitrogens is 2. The fraction of sp³-hybridized carbons (Fsp3) is 0.292. The Labute approximate surface area is 202 Å². The molecule has 2 aliphatic heterocycles. The third-order valence-corrected chi connectivity index (χ3v) is 6.41. The van der Waals surface area contributed by atoms with Crippen molar-refractivity contribution in [3.05, 3.63) is 64.6 Å². The van der Waals surface area contributed by atoms with E-state index in [2.05, 4.69) is 22.3 Å². The lowest BCUT2D eigenvalue weighted by molar-refractivity contribution is 0.174. The predicted octanol–water partition coefficient (Wildman–Crippen LogP) is 5.58. The molecule has 7 nitrogen and oxygen atoms in total. The van der Waals surface area contributed by atoms with Gasteiger partial charge in [0.1, 0.15) is 0 Å². The summed E-state index contributed by atoms with van der Waals surface area (Å²) in [6, 6.07) is 13.0. The van der Waals surface area contributed by atoms with Crippen molar-refractivity contribution in [1.29, 1.82) is 0 Å². The minimum Gasteiger partial charge on any atom is -0.454 e. The molecule has 3 heterocycles. The van der Waals surface area contributed by atoms with E-state index in [9.17, 15) is 0 Å². The van der Waals surface area contributed by atoms with E-state index < -0.39 is 0 Å². The van der Waals surface area contributed by atoms with Crippen molar-refractivity contribution >= 4 is 34.5 Å². The van der Waals surface area contributed by atoms with Gasteiger partial charge in [0.2, 0.25) is 12.6 Å². The van der Waals surface area contributed by atoms with Gasteiger partial charge in [-0.1, -0.05) is 42.2 Å². The van der Waals surface area contributed by atoms with Crippen LogP contribution in [0, 0.1) is 0 Å². The van der Waals surface area contributed by atoms with Gasteiger partial charge in [0.15, 0.2) is 16.6 Å². The Balaban J connectivity index is 1.56. The van der Waals surface area contributed by atoms with Crippen molar-refractivity contribution in [3.8, 4) is 22.9 Å². The quantitative estimate of drug-likeness (QED) is 0.456. The first kappa shape index (κ1) is 21.7. The highest BCUT2D eigenvalue weighted by molar-refractivity contribution is 7.80. The number of fused-ring (bicyclic) bond motifs is 1. The van der Waals surface area contributed by atoms with E-state index in [-0.39, 0.29) is 12.8 Å². The Hall–Kier alpha value is -3.10. The fourth-order valence-electron chi connectivity index (χ4n) is 4.03. The first-order chi connectivity index (χ1) is 16.0. The molecule has 2 aromatic carbocycles. The van der Waals surface area contributed by atoms with Crippen molar-refractivity contribution < 1.29 is 14.0 Å². The summed E-state index contributed by atoms with van der Waals surface area (Å²) in [5.74, 6) is 2.30. The van der Waals surface area contributed by atoms with E-state index in [4.69, 9.17) is 42.8 Å². The summed E-state index contributed by atoms with van der Waals surface area (Å²) in [4.78, 5) is 6.85. The zero-order valence-electron chi connectivity index (χ0n) is 18.3. The van der Waals surface area contributed by atoms with Gasteiger partial charge in [0.25, 0.3) is 5.89 Å². The number of unbranched alkanes of at least 4 members (excludes halogenated alkanes) is 1. The molecule has 1 unspecified atom stereocenters. The Bertz CT molecular complexity index is 1220. The Morgan fingerprint density at radius 3 is 2.73 bits per heavy atom. The third kappa shape index (κ3) is 4.16. The van der Waals surface area contributed by atoms with Gasteiger partial charge in [-0.05, 0) is 61.5 Å². The van der Waals surface area contributed by atoms with Crippen LogP contribution in [0.25, 0.3) is 17.0 Å². The van der Waals surface area contributed by atoms with E-state index >= 15 is 0 Å². The lowest BCUT2D eigenvalue weighted by Gasteiger charge is -2.37. The maximum Gasteiger partial charge on any atom is 0.258 e. The molecule has 2 aliphatic rings. The van der Waals surface area contributed by atoms with E-state index in [0.29, 0.717) is 33.3 Å². The van der Waals surface area contributed by atoms with Crippen LogP contribution in [0.4, 0.5) is 0 Å². The Morgan fingerprint density at radius 2 is 1.94 bits per heavy atom. The van der Waals surface area contributed by atoms with Crippen molar-refractivity contribution in [2.24, 2.45) is 0 Å². The topological polar surface area (TPSA) is 72.7 Å². The summed E-state index contributed by atoms with van der Waals surface area (Å²) in [5, 5.41) is 9.07. The summed E-state index contributed by atoms with van der Waals surface area (Å²) in [6.07, 6.45) is 2.08. The number of nitrogens with zero attached hydrogens (tertiary/aromatic N) is 3. The molecule has 0 saturated carbocycles. The highest BCUT2D eigenvalue weighted by Gasteiger charge is 2.34. The molecule has 3 aromatic rings. The molecule has 0 saturated heterocycles.